The Hall–Kier alpha value is -2.30. The van der Waals surface area contributed by atoms with Crippen LogP contribution in [0.5, 0.6) is 0 Å². The van der Waals surface area contributed by atoms with Crippen molar-refractivity contribution in [3.63, 3.8) is 0 Å². The standard InChI is InChI=1S/C21H29N3O2/c1-15(2)20(25)24(16(3)4)14-18-19(17-10-6-5-7-11-17)22-26-21(18)23-12-8-9-13-23/h5-7,10-11,15-16H,8-9,12-14H2,1-4H3. The Morgan fingerprint density at radius 3 is 2.38 bits per heavy atom. The molecule has 5 heteroatoms. The van der Waals surface area contributed by atoms with E-state index in [-0.39, 0.29) is 17.9 Å². The fourth-order valence-corrected chi connectivity index (χ4v) is 3.45. The summed E-state index contributed by atoms with van der Waals surface area (Å²) < 4.78 is 5.79. The van der Waals surface area contributed by atoms with E-state index >= 15 is 0 Å². The molecular weight excluding hydrogens is 326 g/mol. The van der Waals surface area contributed by atoms with E-state index in [1.54, 1.807) is 0 Å². The Bertz CT molecular complexity index is 731. The number of nitrogens with zero attached hydrogens (tertiary/aromatic N) is 3. The fraction of sp³-hybridized carbons (Fsp3) is 0.524. The molecule has 0 atom stereocenters. The van der Waals surface area contributed by atoms with Gasteiger partial charge in [0, 0.05) is 30.6 Å². The van der Waals surface area contributed by atoms with Gasteiger partial charge in [0.25, 0.3) is 0 Å². The number of amides is 1. The molecular formula is C21H29N3O2. The van der Waals surface area contributed by atoms with Crippen molar-refractivity contribution in [2.24, 2.45) is 5.92 Å². The Labute approximate surface area is 156 Å². The Morgan fingerprint density at radius 1 is 1.15 bits per heavy atom. The van der Waals surface area contributed by atoms with Crippen LogP contribution in [0.2, 0.25) is 0 Å². The number of carbonyl (C=O) groups excluding carboxylic acids is 1. The molecule has 3 rings (SSSR count). The highest BCUT2D eigenvalue weighted by Gasteiger charge is 2.29. The zero-order valence-electron chi connectivity index (χ0n) is 16.2. The lowest BCUT2D eigenvalue weighted by Gasteiger charge is -2.29. The summed E-state index contributed by atoms with van der Waals surface area (Å²) in [5.74, 6) is 0.948. The van der Waals surface area contributed by atoms with E-state index in [0.717, 1.165) is 35.8 Å². The average molecular weight is 355 g/mol. The van der Waals surface area contributed by atoms with Crippen molar-refractivity contribution in [3.05, 3.63) is 35.9 Å². The summed E-state index contributed by atoms with van der Waals surface area (Å²) in [5, 5.41) is 4.39. The minimum absolute atomic E-state index is 0.0346. The number of anilines is 1. The van der Waals surface area contributed by atoms with Gasteiger partial charge in [-0.15, -0.1) is 0 Å². The van der Waals surface area contributed by atoms with Crippen LogP contribution in [0.4, 0.5) is 5.88 Å². The van der Waals surface area contributed by atoms with E-state index in [1.165, 1.54) is 12.8 Å². The molecule has 140 valence electrons. The number of hydrogen-bond donors (Lipinski definition) is 0. The molecule has 1 aromatic carbocycles. The van der Waals surface area contributed by atoms with Gasteiger partial charge in [-0.25, -0.2) is 0 Å². The van der Waals surface area contributed by atoms with Crippen molar-refractivity contribution >= 4 is 11.8 Å². The van der Waals surface area contributed by atoms with E-state index < -0.39 is 0 Å². The third kappa shape index (κ3) is 3.76. The molecule has 1 amide bonds. The second-order valence-corrected chi connectivity index (χ2v) is 7.59. The molecule has 0 bridgehead atoms. The summed E-state index contributed by atoms with van der Waals surface area (Å²) in [5.41, 5.74) is 2.88. The van der Waals surface area contributed by atoms with Crippen LogP contribution in [-0.2, 0) is 11.3 Å². The first-order chi connectivity index (χ1) is 12.5. The van der Waals surface area contributed by atoms with Crippen LogP contribution < -0.4 is 4.90 Å². The molecule has 1 aromatic heterocycles. The van der Waals surface area contributed by atoms with Crippen LogP contribution in [0, 0.1) is 5.92 Å². The van der Waals surface area contributed by atoms with Crippen LogP contribution >= 0.6 is 0 Å². The SMILES string of the molecule is CC(C)C(=O)N(Cc1c(-c2ccccc2)noc1N1CCCC1)C(C)C. The van der Waals surface area contributed by atoms with Gasteiger partial charge in [0.15, 0.2) is 0 Å². The Kier molecular flexibility index (Phi) is 5.64. The third-order valence-corrected chi connectivity index (χ3v) is 4.94. The predicted octanol–water partition coefficient (Wildman–Crippen LogP) is 4.33. The first kappa shape index (κ1) is 18.5. The van der Waals surface area contributed by atoms with Crippen molar-refractivity contribution in [2.75, 3.05) is 18.0 Å². The lowest BCUT2D eigenvalue weighted by Crippen LogP contribution is -2.39. The summed E-state index contributed by atoms with van der Waals surface area (Å²) >= 11 is 0. The summed E-state index contributed by atoms with van der Waals surface area (Å²) in [6.07, 6.45) is 2.33. The minimum atomic E-state index is -0.0346. The molecule has 0 aliphatic carbocycles. The molecule has 0 spiro atoms. The quantitative estimate of drug-likeness (QED) is 0.774. The highest BCUT2D eigenvalue weighted by molar-refractivity contribution is 5.79. The molecule has 26 heavy (non-hydrogen) atoms. The van der Waals surface area contributed by atoms with Gasteiger partial charge < -0.3 is 14.3 Å². The molecule has 1 fully saturated rings. The van der Waals surface area contributed by atoms with Crippen molar-refractivity contribution in [1.29, 1.82) is 0 Å². The first-order valence-corrected chi connectivity index (χ1v) is 9.58. The van der Waals surface area contributed by atoms with Gasteiger partial charge in [-0.2, -0.15) is 0 Å². The minimum Gasteiger partial charge on any atom is -0.340 e. The summed E-state index contributed by atoms with van der Waals surface area (Å²) in [6.45, 7) is 10.5. The van der Waals surface area contributed by atoms with Gasteiger partial charge in [0.05, 0.1) is 12.1 Å². The zero-order chi connectivity index (χ0) is 18.7. The van der Waals surface area contributed by atoms with Crippen LogP contribution in [0.25, 0.3) is 11.3 Å². The largest absolute Gasteiger partial charge is 0.340 e. The number of hydrogen-bond acceptors (Lipinski definition) is 4. The van der Waals surface area contributed by atoms with E-state index in [2.05, 4.69) is 23.9 Å². The Morgan fingerprint density at radius 2 is 1.81 bits per heavy atom. The molecule has 1 aliphatic heterocycles. The zero-order valence-corrected chi connectivity index (χ0v) is 16.2. The highest BCUT2D eigenvalue weighted by Crippen LogP contribution is 2.34. The van der Waals surface area contributed by atoms with Crippen LogP contribution in [0.3, 0.4) is 0 Å². The molecule has 2 heterocycles. The van der Waals surface area contributed by atoms with Crippen LogP contribution in [0.1, 0.15) is 46.1 Å². The molecule has 5 nitrogen and oxygen atoms in total. The molecule has 1 saturated heterocycles. The van der Waals surface area contributed by atoms with Crippen molar-refractivity contribution in [2.45, 2.75) is 53.1 Å². The van der Waals surface area contributed by atoms with Crippen molar-refractivity contribution in [3.8, 4) is 11.3 Å². The predicted molar refractivity (Wildman–Crippen MR) is 104 cm³/mol. The summed E-state index contributed by atoms with van der Waals surface area (Å²) in [6, 6.07) is 10.2. The second kappa shape index (κ2) is 7.94. The van der Waals surface area contributed by atoms with Crippen molar-refractivity contribution < 1.29 is 9.32 Å². The highest BCUT2D eigenvalue weighted by atomic mass is 16.5. The lowest BCUT2D eigenvalue weighted by molar-refractivity contribution is -0.136. The fourth-order valence-electron chi connectivity index (χ4n) is 3.45. The van der Waals surface area contributed by atoms with Gasteiger partial charge in [0.1, 0.15) is 5.69 Å². The van der Waals surface area contributed by atoms with E-state index in [0.29, 0.717) is 6.54 Å². The maximum atomic E-state index is 12.8. The molecule has 0 saturated carbocycles. The maximum Gasteiger partial charge on any atom is 0.232 e. The molecule has 0 radical (unpaired) electrons. The third-order valence-electron chi connectivity index (χ3n) is 4.94. The lowest BCUT2D eigenvalue weighted by atomic mass is 10.0. The topological polar surface area (TPSA) is 49.6 Å². The van der Waals surface area contributed by atoms with Crippen LogP contribution in [-0.4, -0.2) is 35.1 Å². The first-order valence-electron chi connectivity index (χ1n) is 9.58. The van der Waals surface area contributed by atoms with Gasteiger partial charge >= 0.3 is 0 Å². The molecule has 0 unspecified atom stereocenters. The number of aromatic nitrogens is 1. The van der Waals surface area contributed by atoms with Gasteiger partial charge in [-0.05, 0) is 26.7 Å². The van der Waals surface area contributed by atoms with Gasteiger partial charge in [-0.1, -0.05) is 49.3 Å². The molecule has 0 N–H and O–H groups in total. The van der Waals surface area contributed by atoms with E-state index in [9.17, 15) is 4.79 Å². The van der Waals surface area contributed by atoms with Crippen LogP contribution in [0.15, 0.2) is 34.9 Å². The summed E-state index contributed by atoms with van der Waals surface area (Å²) in [4.78, 5) is 16.9. The smallest absolute Gasteiger partial charge is 0.232 e. The van der Waals surface area contributed by atoms with E-state index in [1.807, 2.05) is 49.1 Å². The molecule has 1 aliphatic rings. The maximum absolute atomic E-state index is 12.8. The molecule has 2 aromatic rings. The van der Waals surface area contributed by atoms with E-state index in [4.69, 9.17) is 4.52 Å². The number of rotatable bonds is 6. The van der Waals surface area contributed by atoms with Gasteiger partial charge in [-0.3, -0.25) is 4.79 Å². The second-order valence-electron chi connectivity index (χ2n) is 7.59. The average Bonchev–Trinajstić information content (AvgIpc) is 3.28. The number of benzene rings is 1. The Balaban J connectivity index is 2.01. The monoisotopic (exact) mass is 355 g/mol. The van der Waals surface area contributed by atoms with Gasteiger partial charge in [0.2, 0.25) is 11.8 Å². The summed E-state index contributed by atoms with van der Waals surface area (Å²) in [7, 11) is 0. The number of carbonyl (C=O) groups is 1. The normalized spacial score (nSPS) is 14.5. The van der Waals surface area contributed by atoms with Crippen molar-refractivity contribution in [1.82, 2.24) is 10.1 Å².